The van der Waals surface area contributed by atoms with E-state index in [0.29, 0.717) is 0 Å². The molecule has 0 saturated carbocycles. The maximum absolute atomic E-state index is 3.22. The Kier molecular flexibility index (Phi) is 6.54. The Morgan fingerprint density at radius 2 is 0.438 bits per heavy atom. The van der Waals surface area contributed by atoms with E-state index in [4.69, 9.17) is 0 Å². The molecule has 0 aliphatic heterocycles. The highest BCUT2D eigenvalue weighted by molar-refractivity contribution is 5.50. The second kappa shape index (κ2) is 10.0. The first-order chi connectivity index (χ1) is 15.6. The number of benzene rings is 4. The van der Waals surface area contributed by atoms with E-state index < -0.39 is 0 Å². The van der Waals surface area contributed by atoms with Crippen LogP contribution < -0.4 is 0 Å². The van der Waals surface area contributed by atoms with Crippen LogP contribution in [0.1, 0.15) is 44.5 Å². The Hall–Kier alpha value is -4.44. The zero-order valence-electron chi connectivity index (χ0n) is 18.2. The molecule has 0 heteroatoms. The summed E-state index contributed by atoms with van der Waals surface area (Å²) in [6.07, 6.45) is 0. The largest absolute Gasteiger partial charge is 0.0617 e. The first kappa shape index (κ1) is 20.8. The first-order valence-corrected chi connectivity index (χ1v) is 10.5. The number of hydrogen-bond donors (Lipinski definition) is 0. The van der Waals surface area contributed by atoms with Gasteiger partial charge in [0.05, 0.1) is 0 Å². The third kappa shape index (κ3) is 6.03. The molecule has 32 heavy (non-hydrogen) atoms. The van der Waals surface area contributed by atoms with Crippen LogP contribution >= 0.6 is 0 Å². The highest BCUT2D eigenvalue weighted by Gasteiger charge is 1.92. The van der Waals surface area contributed by atoms with Gasteiger partial charge in [-0.15, -0.1) is 0 Å². The molecule has 4 rings (SSSR count). The molecule has 0 atom stereocenters. The van der Waals surface area contributed by atoms with Crippen molar-refractivity contribution in [3.63, 3.8) is 0 Å². The van der Waals surface area contributed by atoms with Crippen molar-refractivity contribution in [2.24, 2.45) is 0 Å². The molecule has 0 radical (unpaired) electrons. The Morgan fingerprint density at radius 3 is 0.625 bits per heavy atom. The lowest BCUT2D eigenvalue weighted by atomic mass is 10.1. The molecule has 0 heterocycles. The molecule has 0 spiro atoms. The third-order valence-electron chi connectivity index (χ3n) is 4.93. The SMILES string of the molecule is Cc1ccc(C#Cc2ccc(C#Cc3ccc(C#Cc4ccc(C)cc4)cc3)cc2)cc1. The lowest BCUT2D eigenvalue weighted by Gasteiger charge is -1.94. The molecule has 4 aromatic carbocycles. The van der Waals surface area contributed by atoms with Gasteiger partial charge in [-0.3, -0.25) is 0 Å². The second-order valence-electron chi connectivity index (χ2n) is 7.64. The summed E-state index contributed by atoms with van der Waals surface area (Å²) in [7, 11) is 0. The molecule has 0 unspecified atom stereocenters. The maximum atomic E-state index is 3.22. The van der Waals surface area contributed by atoms with Gasteiger partial charge in [0.15, 0.2) is 0 Å². The van der Waals surface area contributed by atoms with Crippen molar-refractivity contribution in [1.29, 1.82) is 0 Å². The van der Waals surface area contributed by atoms with E-state index in [1.807, 2.05) is 72.8 Å². The lowest BCUT2D eigenvalue weighted by molar-refractivity contribution is 1.46. The van der Waals surface area contributed by atoms with Crippen LogP contribution in [0.3, 0.4) is 0 Å². The second-order valence-corrected chi connectivity index (χ2v) is 7.64. The van der Waals surface area contributed by atoms with Crippen LogP contribution in [0.15, 0.2) is 97.1 Å². The summed E-state index contributed by atoms with van der Waals surface area (Å²) >= 11 is 0. The fourth-order valence-electron chi connectivity index (χ4n) is 2.98. The third-order valence-corrected chi connectivity index (χ3v) is 4.93. The highest BCUT2D eigenvalue weighted by Crippen LogP contribution is 2.07. The van der Waals surface area contributed by atoms with Gasteiger partial charge in [-0.1, -0.05) is 70.9 Å². The predicted octanol–water partition coefficient (Wildman–Crippen LogP) is 6.50. The van der Waals surface area contributed by atoms with Gasteiger partial charge < -0.3 is 0 Å². The fourth-order valence-corrected chi connectivity index (χ4v) is 2.98. The van der Waals surface area contributed by atoms with E-state index in [1.54, 1.807) is 0 Å². The molecular formula is C32H22. The number of rotatable bonds is 0. The molecule has 0 nitrogen and oxygen atoms in total. The van der Waals surface area contributed by atoms with Crippen molar-refractivity contribution in [3.8, 4) is 35.5 Å². The topological polar surface area (TPSA) is 0 Å². The molecule has 0 aliphatic carbocycles. The standard InChI is InChI=1S/C32H22/c1-25-3-7-27(8-4-25)11-13-29-15-19-31(20-16-29)23-24-32-21-17-30(18-22-32)14-12-28-9-5-26(2)6-10-28/h3-10,15-22H,1-2H3. The van der Waals surface area contributed by atoms with Gasteiger partial charge in [-0.05, 0) is 86.6 Å². The zero-order valence-corrected chi connectivity index (χ0v) is 18.2. The summed E-state index contributed by atoms with van der Waals surface area (Å²) in [5, 5.41) is 0. The minimum atomic E-state index is 0.967. The van der Waals surface area contributed by atoms with Crippen LogP contribution in [0, 0.1) is 49.4 Å². The van der Waals surface area contributed by atoms with Crippen LogP contribution in [-0.4, -0.2) is 0 Å². The van der Waals surface area contributed by atoms with Gasteiger partial charge in [0.2, 0.25) is 0 Å². The van der Waals surface area contributed by atoms with E-state index in [-0.39, 0.29) is 0 Å². The van der Waals surface area contributed by atoms with Gasteiger partial charge in [-0.25, -0.2) is 0 Å². The van der Waals surface area contributed by atoms with Gasteiger partial charge in [-0.2, -0.15) is 0 Å². The minimum Gasteiger partial charge on any atom is -0.0617 e. The maximum Gasteiger partial charge on any atom is 0.0249 e. The van der Waals surface area contributed by atoms with Crippen molar-refractivity contribution < 1.29 is 0 Å². The average Bonchev–Trinajstić information content (AvgIpc) is 2.83. The van der Waals surface area contributed by atoms with Gasteiger partial charge in [0, 0.05) is 33.4 Å². The molecule has 0 fully saturated rings. The molecule has 0 aromatic heterocycles. The highest BCUT2D eigenvalue weighted by atomic mass is 14.0. The van der Waals surface area contributed by atoms with E-state index in [2.05, 4.69) is 73.6 Å². The Balaban J connectivity index is 1.40. The molecule has 150 valence electrons. The quantitative estimate of drug-likeness (QED) is 0.292. The molecule has 0 N–H and O–H groups in total. The molecule has 0 amide bonds. The van der Waals surface area contributed by atoms with Crippen molar-refractivity contribution in [2.75, 3.05) is 0 Å². The Labute approximate surface area is 191 Å². The minimum absolute atomic E-state index is 0.967. The summed E-state index contributed by atoms with van der Waals surface area (Å²) in [6, 6.07) is 32.5. The van der Waals surface area contributed by atoms with Crippen molar-refractivity contribution in [1.82, 2.24) is 0 Å². The lowest BCUT2D eigenvalue weighted by Crippen LogP contribution is -1.80. The summed E-state index contributed by atoms with van der Waals surface area (Å²) in [4.78, 5) is 0. The molecule has 0 aliphatic rings. The molecule has 0 saturated heterocycles. The molecule has 0 bridgehead atoms. The van der Waals surface area contributed by atoms with Crippen molar-refractivity contribution in [3.05, 3.63) is 142 Å². The van der Waals surface area contributed by atoms with E-state index in [0.717, 1.165) is 33.4 Å². The summed E-state index contributed by atoms with van der Waals surface area (Å²) in [6.45, 7) is 4.15. The van der Waals surface area contributed by atoms with Gasteiger partial charge in [0.25, 0.3) is 0 Å². The van der Waals surface area contributed by atoms with Crippen molar-refractivity contribution >= 4 is 0 Å². The first-order valence-electron chi connectivity index (χ1n) is 10.5. The molecule has 4 aromatic rings. The van der Waals surface area contributed by atoms with E-state index in [1.165, 1.54) is 11.1 Å². The van der Waals surface area contributed by atoms with E-state index >= 15 is 0 Å². The Bertz CT molecular complexity index is 1270. The van der Waals surface area contributed by atoms with Gasteiger partial charge in [0.1, 0.15) is 0 Å². The fraction of sp³-hybridized carbons (Fsp3) is 0.0625. The van der Waals surface area contributed by atoms with Crippen LogP contribution in [0.2, 0.25) is 0 Å². The molecular weight excluding hydrogens is 384 g/mol. The Morgan fingerprint density at radius 1 is 0.281 bits per heavy atom. The van der Waals surface area contributed by atoms with E-state index in [9.17, 15) is 0 Å². The number of aryl methyl sites for hydroxylation is 2. The van der Waals surface area contributed by atoms with Crippen LogP contribution in [0.4, 0.5) is 0 Å². The van der Waals surface area contributed by atoms with Crippen LogP contribution in [0.25, 0.3) is 0 Å². The zero-order chi connectivity index (χ0) is 22.2. The summed E-state index contributed by atoms with van der Waals surface area (Å²) in [5.41, 5.74) is 8.41. The monoisotopic (exact) mass is 406 g/mol. The summed E-state index contributed by atoms with van der Waals surface area (Å²) < 4.78 is 0. The predicted molar refractivity (Wildman–Crippen MR) is 133 cm³/mol. The number of hydrogen-bond acceptors (Lipinski definition) is 0. The van der Waals surface area contributed by atoms with Crippen LogP contribution in [0.5, 0.6) is 0 Å². The van der Waals surface area contributed by atoms with Gasteiger partial charge >= 0.3 is 0 Å². The summed E-state index contributed by atoms with van der Waals surface area (Å²) in [5.74, 6) is 19.2. The van der Waals surface area contributed by atoms with Crippen molar-refractivity contribution in [2.45, 2.75) is 13.8 Å². The average molecular weight is 407 g/mol. The normalized spacial score (nSPS) is 9.44. The van der Waals surface area contributed by atoms with Crippen LogP contribution in [-0.2, 0) is 0 Å². The smallest absolute Gasteiger partial charge is 0.0249 e.